The minimum absolute atomic E-state index is 0.0537. The van der Waals surface area contributed by atoms with Crippen molar-refractivity contribution in [3.63, 3.8) is 0 Å². The molecule has 0 spiro atoms. The maximum absolute atomic E-state index is 14.1. The van der Waals surface area contributed by atoms with E-state index in [1.54, 1.807) is 47.0 Å². The number of allylic oxidation sites excluding steroid dienone is 1. The summed E-state index contributed by atoms with van der Waals surface area (Å²) in [6, 6.07) is 26.0. The van der Waals surface area contributed by atoms with Crippen LogP contribution < -0.4 is 24.4 Å². The van der Waals surface area contributed by atoms with E-state index in [0.29, 0.717) is 26.4 Å². The van der Waals surface area contributed by atoms with Gasteiger partial charge in [0, 0.05) is 11.1 Å². The summed E-state index contributed by atoms with van der Waals surface area (Å²) in [5.74, 6) is 0.272. The lowest BCUT2D eigenvalue weighted by Gasteiger charge is -2.30. The maximum atomic E-state index is 14.1. The lowest BCUT2D eigenvalue weighted by atomic mass is 9.83. The van der Waals surface area contributed by atoms with Crippen LogP contribution in [-0.2, 0) is 13.0 Å². The number of aromatic nitrogens is 1. The normalized spacial score (nSPS) is 15.8. The topological polar surface area (TPSA) is 52.8 Å². The van der Waals surface area contributed by atoms with E-state index in [0.717, 1.165) is 40.8 Å². The van der Waals surface area contributed by atoms with Crippen molar-refractivity contribution in [3.05, 3.63) is 156 Å². The highest BCUT2D eigenvalue weighted by Crippen LogP contribution is 2.41. The van der Waals surface area contributed by atoms with Gasteiger partial charge in [0.2, 0.25) is 0 Å². The minimum atomic E-state index is -0.383. The van der Waals surface area contributed by atoms with Crippen LogP contribution in [0.4, 0.5) is 8.78 Å². The summed E-state index contributed by atoms with van der Waals surface area (Å²) in [5.41, 5.74) is 6.11. The smallest absolute Gasteiger partial charge is 0.271 e. The number of ether oxygens (including phenoxy) is 2. The zero-order valence-corrected chi connectivity index (χ0v) is 24.0. The molecule has 7 rings (SSSR count). The second-order valence-electron chi connectivity index (χ2n) is 10.5. The number of fused-ring (bicyclic) bond motifs is 3. The van der Waals surface area contributed by atoms with Crippen molar-refractivity contribution in [2.75, 3.05) is 7.11 Å². The molecule has 0 saturated heterocycles. The first-order valence-electron chi connectivity index (χ1n) is 13.9. The van der Waals surface area contributed by atoms with Gasteiger partial charge >= 0.3 is 0 Å². The Morgan fingerprint density at radius 2 is 1.74 bits per heavy atom. The highest BCUT2D eigenvalue weighted by molar-refractivity contribution is 7.07. The van der Waals surface area contributed by atoms with Crippen molar-refractivity contribution >= 4 is 23.1 Å². The minimum Gasteiger partial charge on any atom is -0.493 e. The number of hydrogen-bond acceptors (Lipinski definition) is 5. The van der Waals surface area contributed by atoms with Gasteiger partial charge in [0.15, 0.2) is 16.3 Å². The highest BCUT2D eigenvalue weighted by Gasteiger charge is 2.32. The number of rotatable bonds is 6. The first kappa shape index (κ1) is 27.0. The third-order valence-corrected chi connectivity index (χ3v) is 8.87. The fourth-order valence-corrected chi connectivity index (χ4v) is 6.78. The fraction of sp³-hybridized carbons (Fsp3) is 0.143. The Kier molecular flexibility index (Phi) is 6.99. The molecule has 0 amide bonds. The van der Waals surface area contributed by atoms with Crippen molar-refractivity contribution in [2.24, 2.45) is 4.99 Å². The van der Waals surface area contributed by atoms with Crippen LogP contribution in [0.5, 0.6) is 11.5 Å². The van der Waals surface area contributed by atoms with Gasteiger partial charge in [0.1, 0.15) is 18.2 Å². The molecular formula is C35H26F2N2O3S. The Morgan fingerprint density at radius 1 is 0.953 bits per heavy atom. The van der Waals surface area contributed by atoms with Gasteiger partial charge in [-0.05, 0) is 71.5 Å². The lowest BCUT2D eigenvalue weighted by Crippen LogP contribution is -2.38. The van der Waals surface area contributed by atoms with Crippen molar-refractivity contribution in [2.45, 2.75) is 25.5 Å². The Labute approximate surface area is 250 Å². The maximum Gasteiger partial charge on any atom is 0.271 e. The van der Waals surface area contributed by atoms with Crippen molar-refractivity contribution in [1.29, 1.82) is 0 Å². The molecule has 0 saturated carbocycles. The van der Waals surface area contributed by atoms with Gasteiger partial charge in [-0.3, -0.25) is 9.36 Å². The van der Waals surface area contributed by atoms with E-state index in [9.17, 15) is 13.6 Å². The number of benzene rings is 4. The van der Waals surface area contributed by atoms with Crippen LogP contribution in [0.1, 0.15) is 40.3 Å². The number of thiazole rings is 1. The number of nitrogens with zero attached hydrogens (tertiary/aromatic N) is 2. The fourth-order valence-electron chi connectivity index (χ4n) is 5.78. The molecule has 8 heteroatoms. The molecule has 5 nitrogen and oxygen atoms in total. The van der Waals surface area contributed by atoms with Gasteiger partial charge in [-0.25, -0.2) is 13.8 Å². The number of methoxy groups -OCH3 is 1. The first-order valence-corrected chi connectivity index (χ1v) is 14.7. The molecule has 1 aliphatic heterocycles. The lowest BCUT2D eigenvalue weighted by molar-refractivity contribution is 0.279. The molecule has 1 aliphatic carbocycles. The van der Waals surface area contributed by atoms with E-state index in [-0.39, 0.29) is 29.8 Å². The van der Waals surface area contributed by atoms with Crippen LogP contribution in [0.25, 0.3) is 11.8 Å². The zero-order valence-electron chi connectivity index (χ0n) is 23.2. The summed E-state index contributed by atoms with van der Waals surface area (Å²) >= 11 is 1.32. The molecule has 1 aromatic heterocycles. The molecule has 2 aliphatic rings. The van der Waals surface area contributed by atoms with Crippen LogP contribution in [0.15, 0.2) is 106 Å². The van der Waals surface area contributed by atoms with E-state index in [2.05, 4.69) is 12.1 Å². The Balaban J connectivity index is 1.31. The predicted octanol–water partition coefficient (Wildman–Crippen LogP) is 6.18. The largest absolute Gasteiger partial charge is 0.493 e. The van der Waals surface area contributed by atoms with Crippen LogP contribution in [0.2, 0.25) is 0 Å². The van der Waals surface area contributed by atoms with Crippen molar-refractivity contribution in [1.82, 2.24) is 4.57 Å². The molecule has 0 N–H and O–H groups in total. The standard InChI is InChI=1S/C35H26F2N2O3S/c1-41-30-18-21(10-17-29(30)42-20-24-7-3-5-9-28(24)37)19-31-34(40)39-33(23-11-14-25(36)15-12-23)27-16-13-22-6-2-4-8-26(22)32(27)38-35(39)43-31/h2-12,14-15,17-19,33H,13,16,20H2,1H3/b31-19+/t33-/m0/s1. The Hall–Kier alpha value is -4.82. The molecule has 2 heterocycles. The molecule has 1 atom stereocenters. The highest BCUT2D eigenvalue weighted by atomic mass is 32.1. The summed E-state index contributed by atoms with van der Waals surface area (Å²) in [7, 11) is 1.54. The summed E-state index contributed by atoms with van der Waals surface area (Å²) in [6.07, 6.45) is 3.41. The molecule has 0 fully saturated rings. The van der Waals surface area contributed by atoms with Gasteiger partial charge in [0.25, 0.3) is 5.56 Å². The molecule has 5 aromatic rings. The average molecular weight is 593 g/mol. The van der Waals surface area contributed by atoms with Crippen LogP contribution in [-0.4, -0.2) is 11.7 Å². The van der Waals surface area contributed by atoms with Gasteiger partial charge in [0.05, 0.1) is 23.4 Å². The van der Waals surface area contributed by atoms with E-state index in [1.165, 1.54) is 42.2 Å². The third kappa shape index (κ3) is 4.97. The first-order chi connectivity index (χ1) is 21.0. The van der Waals surface area contributed by atoms with E-state index in [4.69, 9.17) is 14.5 Å². The summed E-state index contributed by atoms with van der Waals surface area (Å²) in [5, 5.41) is 0. The summed E-state index contributed by atoms with van der Waals surface area (Å²) in [6.45, 7) is 0.0537. The Bertz CT molecular complexity index is 2080. The van der Waals surface area contributed by atoms with Crippen LogP contribution >= 0.6 is 11.3 Å². The zero-order chi connectivity index (χ0) is 29.5. The van der Waals surface area contributed by atoms with E-state index < -0.39 is 0 Å². The Morgan fingerprint density at radius 3 is 2.56 bits per heavy atom. The second kappa shape index (κ2) is 11.1. The molecule has 0 bridgehead atoms. The van der Waals surface area contributed by atoms with Crippen LogP contribution in [0, 0.1) is 11.6 Å². The predicted molar refractivity (Wildman–Crippen MR) is 163 cm³/mol. The van der Waals surface area contributed by atoms with E-state index >= 15 is 0 Å². The van der Waals surface area contributed by atoms with Gasteiger partial charge in [-0.2, -0.15) is 0 Å². The number of aryl methyl sites for hydroxylation is 1. The monoisotopic (exact) mass is 592 g/mol. The van der Waals surface area contributed by atoms with E-state index in [1.807, 2.05) is 24.3 Å². The number of hydrogen-bond donors (Lipinski definition) is 0. The summed E-state index contributed by atoms with van der Waals surface area (Å²) in [4.78, 5) is 19.6. The quantitative estimate of drug-likeness (QED) is 0.237. The molecule has 214 valence electrons. The second-order valence-corrected chi connectivity index (χ2v) is 11.5. The SMILES string of the molecule is COc1cc(/C=c2/sc3n(c2=O)[C@@H](c2ccc(F)cc2)C2=C(N=3)c3ccccc3CC2)ccc1OCc1ccccc1F. The van der Waals surface area contributed by atoms with Gasteiger partial charge in [-0.1, -0.05) is 72.0 Å². The molecule has 0 radical (unpaired) electrons. The van der Waals surface area contributed by atoms with Crippen molar-refractivity contribution < 1.29 is 18.3 Å². The van der Waals surface area contributed by atoms with Gasteiger partial charge < -0.3 is 9.47 Å². The van der Waals surface area contributed by atoms with Crippen molar-refractivity contribution in [3.8, 4) is 11.5 Å². The van der Waals surface area contributed by atoms with Crippen LogP contribution in [0.3, 0.4) is 0 Å². The average Bonchev–Trinajstić information content (AvgIpc) is 3.34. The molecule has 4 aromatic carbocycles. The third-order valence-electron chi connectivity index (χ3n) is 7.89. The number of halogens is 2. The molecular weight excluding hydrogens is 566 g/mol. The molecule has 43 heavy (non-hydrogen) atoms. The summed E-state index contributed by atoms with van der Waals surface area (Å²) < 4.78 is 41.6. The van der Waals surface area contributed by atoms with Gasteiger partial charge in [-0.15, -0.1) is 0 Å². The molecule has 0 unspecified atom stereocenters.